The summed E-state index contributed by atoms with van der Waals surface area (Å²) in [5, 5.41) is 2.59. The number of benzene rings is 2. The highest BCUT2D eigenvalue weighted by molar-refractivity contribution is 7.99. The average Bonchev–Trinajstić information content (AvgIpc) is 2.67. The van der Waals surface area contributed by atoms with Crippen LogP contribution in [0.1, 0.15) is 11.1 Å². The molecule has 0 aromatic heterocycles. The third-order valence-electron chi connectivity index (χ3n) is 4.23. The molecular formula is C20H22N2O3S. The second-order valence-corrected chi connectivity index (χ2v) is 7.16. The summed E-state index contributed by atoms with van der Waals surface area (Å²) in [4.78, 5) is 26.4. The molecule has 2 aromatic carbocycles. The number of para-hydroxylation sites is 2. The van der Waals surface area contributed by atoms with Gasteiger partial charge >= 0.3 is 0 Å². The van der Waals surface area contributed by atoms with Gasteiger partial charge in [-0.05, 0) is 24.6 Å². The van der Waals surface area contributed by atoms with Crippen LogP contribution in [0.3, 0.4) is 0 Å². The molecule has 3 rings (SSSR count). The Bertz CT molecular complexity index is 792. The maximum Gasteiger partial charge on any atom is 0.262 e. The van der Waals surface area contributed by atoms with E-state index in [-0.39, 0.29) is 18.4 Å². The molecule has 0 unspecified atom stereocenters. The lowest BCUT2D eigenvalue weighted by molar-refractivity contribution is -0.127. The van der Waals surface area contributed by atoms with Crippen LogP contribution in [0.25, 0.3) is 0 Å². The number of nitrogens with one attached hydrogen (secondary N) is 1. The number of anilines is 1. The predicted octanol–water partition coefficient (Wildman–Crippen LogP) is 2.77. The van der Waals surface area contributed by atoms with Crippen LogP contribution in [0.5, 0.6) is 5.75 Å². The molecular weight excluding hydrogens is 348 g/mol. The Morgan fingerprint density at radius 2 is 1.92 bits per heavy atom. The fourth-order valence-corrected chi connectivity index (χ4v) is 3.65. The van der Waals surface area contributed by atoms with Gasteiger partial charge in [0.1, 0.15) is 5.75 Å². The second-order valence-electron chi connectivity index (χ2n) is 6.17. The van der Waals surface area contributed by atoms with Gasteiger partial charge in [-0.15, -0.1) is 11.8 Å². The van der Waals surface area contributed by atoms with Gasteiger partial charge in [0.15, 0.2) is 6.10 Å². The molecule has 0 aliphatic carbocycles. The van der Waals surface area contributed by atoms with Crippen LogP contribution in [0.15, 0.2) is 48.5 Å². The molecule has 5 nitrogen and oxygen atoms in total. The van der Waals surface area contributed by atoms with E-state index in [0.717, 1.165) is 5.75 Å². The number of carbonyl (C=O) groups excluding carboxylic acids is 2. The van der Waals surface area contributed by atoms with E-state index in [9.17, 15) is 9.59 Å². The normalized spacial score (nSPS) is 15.8. The first kappa shape index (κ1) is 18.3. The number of hydrogen-bond acceptors (Lipinski definition) is 4. The van der Waals surface area contributed by atoms with Gasteiger partial charge in [-0.25, -0.2) is 0 Å². The monoisotopic (exact) mass is 370 g/mol. The summed E-state index contributed by atoms with van der Waals surface area (Å²) >= 11 is 1.57. The highest BCUT2D eigenvalue weighted by Gasteiger charge is 2.33. The van der Waals surface area contributed by atoms with Crippen LogP contribution in [-0.2, 0) is 15.3 Å². The van der Waals surface area contributed by atoms with Crippen molar-refractivity contribution in [1.82, 2.24) is 5.32 Å². The highest BCUT2D eigenvalue weighted by Crippen LogP contribution is 2.33. The predicted molar refractivity (Wildman–Crippen MR) is 105 cm³/mol. The lowest BCUT2D eigenvalue weighted by atomic mass is 10.2. The molecule has 2 amide bonds. The Morgan fingerprint density at radius 3 is 2.65 bits per heavy atom. The first-order valence-corrected chi connectivity index (χ1v) is 9.65. The Kier molecular flexibility index (Phi) is 5.83. The minimum atomic E-state index is -0.694. The zero-order valence-electron chi connectivity index (χ0n) is 14.9. The van der Waals surface area contributed by atoms with E-state index in [4.69, 9.17) is 4.74 Å². The van der Waals surface area contributed by atoms with Gasteiger partial charge < -0.3 is 15.0 Å². The number of likely N-dealkylation sites (N-methyl/N-ethyl adjacent to an activating group) is 1. The van der Waals surface area contributed by atoms with E-state index in [1.165, 1.54) is 11.1 Å². The number of rotatable bonds is 5. The Hall–Kier alpha value is -2.47. The fraction of sp³-hybridized carbons (Fsp3) is 0.300. The summed E-state index contributed by atoms with van der Waals surface area (Å²) in [5.41, 5.74) is 3.13. The summed E-state index contributed by atoms with van der Waals surface area (Å²) < 4.78 is 5.74. The summed E-state index contributed by atoms with van der Waals surface area (Å²) in [6, 6.07) is 15.6. The molecule has 0 saturated heterocycles. The summed E-state index contributed by atoms with van der Waals surface area (Å²) in [7, 11) is 1.57. The minimum absolute atomic E-state index is 0.0215. The van der Waals surface area contributed by atoms with Gasteiger partial charge in [0.2, 0.25) is 5.91 Å². The van der Waals surface area contributed by atoms with Gasteiger partial charge in [-0.1, -0.05) is 42.0 Å². The van der Waals surface area contributed by atoms with Crippen LogP contribution < -0.4 is 15.0 Å². The van der Waals surface area contributed by atoms with Gasteiger partial charge in [0.05, 0.1) is 18.0 Å². The number of aryl methyl sites for hydroxylation is 1. The molecule has 136 valence electrons. The largest absolute Gasteiger partial charge is 0.477 e. The summed E-state index contributed by atoms with van der Waals surface area (Å²) in [6.07, 6.45) is -0.694. The second kappa shape index (κ2) is 8.27. The molecule has 26 heavy (non-hydrogen) atoms. The number of fused-ring (bicyclic) bond motifs is 1. The summed E-state index contributed by atoms with van der Waals surface area (Å²) in [6.45, 7) is 2.28. The number of amides is 2. The maximum atomic E-state index is 12.8. The molecule has 0 radical (unpaired) electrons. The van der Waals surface area contributed by atoms with Crippen LogP contribution >= 0.6 is 11.8 Å². The maximum absolute atomic E-state index is 12.8. The number of thioether (sulfide) groups is 1. The first-order valence-electron chi connectivity index (χ1n) is 8.49. The van der Waals surface area contributed by atoms with Crippen molar-refractivity contribution in [2.24, 2.45) is 0 Å². The number of carbonyl (C=O) groups is 2. The van der Waals surface area contributed by atoms with Crippen molar-refractivity contribution in [3.8, 4) is 5.75 Å². The highest BCUT2D eigenvalue weighted by atomic mass is 32.2. The molecule has 1 heterocycles. The quantitative estimate of drug-likeness (QED) is 0.879. The van der Waals surface area contributed by atoms with Crippen molar-refractivity contribution >= 4 is 29.3 Å². The first-order chi connectivity index (χ1) is 12.6. The van der Waals surface area contributed by atoms with Crippen LogP contribution in [-0.4, -0.2) is 37.3 Å². The van der Waals surface area contributed by atoms with Crippen LogP contribution in [0, 0.1) is 6.92 Å². The van der Waals surface area contributed by atoms with Crippen molar-refractivity contribution in [3.05, 3.63) is 59.7 Å². The molecule has 0 fully saturated rings. The Balaban J connectivity index is 1.66. The molecule has 0 saturated carbocycles. The molecule has 0 spiro atoms. The van der Waals surface area contributed by atoms with Gasteiger partial charge in [-0.2, -0.15) is 0 Å². The SMILES string of the molecule is CNC(=O)[C@@H]1CN(C(=O)CSCc2ccc(C)cc2)c2ccccc2O1. The van der Waals surface area contributed by atoms with E-state index in [0.29, 0.717) is 17.2 Å². The van der Waals surface area contributed by atoms with Crippen LogP contribution in [0.2, 0.25) is 0 Å². The van der Waals surface area contributed by atoms with Crippen molar-refractivity contribution < 1.29 is 14.3 Å². The van der Waals surface area contributed by atoms with Crippen molar-refractivity contribution in [3.63, 3.8) is 0 Å². The average molecular weight is 370 g/mol. The van der Waals surface area contributed by atoms with Crippen LogP contribution in [0.4, 0.5) is 5.69 Å². The molecule has 1 aliphatic heterocycles. The van der Waals surface area contributed by atoms with Gasteiger partial charge in [0.25, 0.3) is 5.91 Å². The molecule has 2 aromatic rings. The number of hydrogen-bond donors (Lipinski definition) is 1. The Labute approximate surface area is 157 Å². The molecule has 0 bridgehead atoms. The standard InChI is InChI=1S/C20H22N2O3S/c1-14-7-9-15(10-8-14)12-26-13-19(23)22-11-18(20(24)21-2)25-17-6-4-3-5-16(17)22/h3-10,18H,11-13H2,1-2H3,(H,21,24)/t18-/m0/s1. The smallest absolute Gasteiger partial charge is 0.262 e. The van der Waals surface area contributed by atoms with Crippen molar-refractivity contribution in [1.29, 1.82) is 0 Å². The lowest BCUT2D eigenvalue weighted by Crippen LogP contribution is -2.50. The topological polar surface area (TPSA) is 58.6 Å². The van der Waals surface area contributed by atoms with E-state index >= 15 is 0 Å². The molecule has 1 atom stereocenters. The lowest BCUT2D eigenvalue weighted by Gasteiger charge is -2.34. The molecule has 1 N–H and O–H groups in total. The van der Waals surface area contributed by atoms with E-state index in [1.807, 2.05) is 18.2 Å². The molecule has 6 heteroatoms. The van der Waals surface area contributed by atoms with Gasteiger partial charge in [0, 0.05) is 12.8 Å². The molecule has 1 aliphatic rings. The summed E-state index contributed by atoms with van der Waals surface area (Å²) in [5.74, 6) is 1.43. The number of ether oxygens (including phenoxy) is 1. The fourth-order valence-electron chi connectivity index (χ4n) is 2.79. The zero-order chi connectivity index (χ0) is 18.5. The minimum Gasteiger partial charge on any atom is -0.477 e. The van der Waals surface area contributed by atoms with E-state index < -0.39 is 6.10 Å². The van der Waals surface area contributed by atoms with Crippen molar-refractivity contribution in [2.45, 2.75) is 18.8 Å². The third kappa shape index (κ3) is 4.19. The van der Waals surface area contributed by atoms with E-state index in [1.54, 1.807) is 29.8 Å². The van der Waals surface area contributed by atoms with E-state index in [2.05, 4.69) is 36.5 Å². The van der Waals surface area contributed by atoms with Gasteiger partial charge in [-0.3, -0.25) is 9.59 Å². The Morgan fingerprint density at radius 1 is 1.19 bits per heavy atom. The number of nitrogens with zero attached hydrogens (tertiary/aromatic N) is 1. The third-order valence-corrected chi connectivity index (χ3v) is 5.22. The zero-order valence-corrected chi connectivity index (χ0v) is 15.7. The van der Waals surface area contributed by atoms with Crippen molar-refractivity contribution in [2.75, 3.05) is 24.2 Å².